The van der Waals surface area contributed by atoms with E-state index in [1.54, 1.807) is 0 Å². The van der Waals surface area contributed by atoms with Crippen molar-refractivity contribution in [3.8, 4) is 28.3 Å². The van der Waals surface area contributed by atoms with Crippen molar-refractivity contribution < 1.29 is 26.5 Å². The number of nitrogens with zero attached hydrogens (tertiary/aromatic N) is 3. The molecule has 0 amide bonds. The van der Waals surface area contributed by atoms with Crippen LogP contribution >= 0.6 is 11.6 Å². The van der Waals surface area contributed by atoms with Gasteiger partial charge >= 0.3 is 6.18 Å². The van der Waals surface area contributed by atoms with E-state index in [0.717, 1.165) is 30.5 Å². The van der Waals surface area contributed by atoms with Crippen molar-refractivity contribution >= 4 is 11.6 Å². The first kappa shape index (κ1) is 19.1. The summed E-state index contributed by atoms with van der Waals surface area (Å²) in [5, 5.41) is 7.39. The summed E-state index contributed by atoms with van der Waals surface area (Å²) in [4.78, 5) is 0. The molecule has 10 heteroatoms. The minimum atomic E-state index is -4.85. The first-order chi connectivity index (χ1) is 13.8. The van der Waals surface area contributed by atoms with Crippen LogP contribution in [0.4, 0.5) is 22.0 Å². The van der Waals surface area contributed by atoms with Crippen molar-refractivity contribution in [2.45, 2.75) is 6.18 Å². The Balaban J connectivity index is 1.86. The summed E-state index contributed by atoms with van der Waals surface area (Å²) < 4.78 is 74.5. The third-order valence-electron chi connectivity index (χ3n) is 4.09. The van der Waals surface area contributed by atoms with Gasteiger partial charge in [0.2, 0.25) is 0 Å². The van der Waals surface area contributed by atoms with Crippen molar-refractivity contribution in [2.24, 2.45) is 0 Å². The Morgan fingerprint density at radius 3 is 2.45 bits per heavy atom. The van der Waals surface area contributed by atoms with E-state index in [-0.39, 0.29) is 27.7 Å². The average Bonchev–Trinajstić information content (AvgIpc) is 3.28. The molecule has 2 aromatic carbocycles. The van der Waals surface area contributed by atoms with Gasteiger partial charge in [0.05, 0.1) is 28.0 Å². The number of alkyl halides is 3. The molecule has 0 atom stereocenters. The molecule has 0 unspecified atom stereocenters. The third kappa shape index (κ3) is 3.49. The van der Waals surface area contributed by atoms with Gasteiger partial charge in [-0.15, -0.1) is 0 Å². The molecule has 4 nitrogen and oxygen atoms in total. The van der Waals surface area contributed by atoms with Gasteiger partial charge in [0.15, 0.2) is 11.5 Å². The Labute approximate surface area is 165 Å². The van der Waals surface area contributed by atoms with Gasteiger partial charge in [0.25, 0.3) is 0 Å². The van der Waals surface area contributed by atoms with Crippen LogP contribution < -0.4 is 0 Å². The van der Waals surface area contributed by atoms with Gasteiger partial charge < -0.3 is 4.52 Å². The molecular weight excluding hydrogens is 417 g/mol. The molecular formula is C19H9ClF5N3O. The second-order valence-corrected chi connectivity index (χ2v) is 6.38. The maximum atomic E-state index is 14.1. The molecule has 29 heavy (non-hydrogen) atoms. The fraction of sp³-hybridized carbons (Fsp3) is 0.0526. The number of benzene rings is 2. The maximum absolute atomic E-state index is 14.1. The lowest BCUT2D eigenvalue weighted by atomic mass is 10.1. The number of hydrogen-bond acceptors (Lipinski definition) is 3. The number of hydrogen-bond donors (Lipinski definition) is 0. The molecule has 4 rings (SSSR count). The van der Waals surface area contributed by atoms with E-state index < -0.39 is 29.1 Å². The molecule has 2 aromatic heterocycles. The summed E-state index contributed by atoms with van der Waals surface area (Å²) in [6.45, 7) is 0. The van der Waals surface area contributed by atoms with Crippen LogP contribution in [0.3, 0.4) is 0 Å². The second kappa shape index (κ2) is 7.00. The zero-order chi connectivity index (χ0) is 20.8. The first-order valence-corrected chi connectivity index (χ1v) is 8.46. The van der Waals surface area contributed by atoms with E-state index in [4.69, 9.17) is 16.1 Å². The molecule has 0 N–H and O–H groups in total. The van der Waals surface area contributed by atoms with Gasteiger partial charge in [0, 0.05) is 6.07 Å². The van der Waals surface area contributed by atoms with Crippen LogP contribution in [0.15, 0.2) is 59.3 Å². The van der Waals surface area contributed by atoms with E-state index in [1.807, 2.05) is 0 Å². The Kier molecular flexibility index (Phi) is 4.62. The topological polar surface area (TPSA) is 43.9 Å². The van der Waals surface area contributed by atoms with Crippen LogP contribution in [0.2, 0.25) is 5.02 Å². The van der Waals surface area contributed by atoms with E-state index in [2.05, 4.69) is 10.3 Å². The molecule has 0 spiro atoms. The quantitative estimate of drug-likeness (QED) is 0.370. The Bertz CT molecular complexity index is 1180. The van der Waals surface area contributed by atoms with Gasteiger partial charge in [0.1, 0.15) is 17.3 Å². The van der Waals surface area contributed by atoms with Crippen LogP contribution in [-0.2, 0) is 6.18 Å². The highest BCUT2D eigenvalue weighted by Gasteiger charge is 2.40. The number of aromatic nitrogens is 3. The third-order valence-corrected chi connectivity index (χ3v) is 4.40. The molecule has 0 radical (unpaired) electrons. The highest BCUT2D eigenvalue weighted by Crippen LogP contribution is 2.40. The summed E-state index contributed by atoms with van der Waals surface area (Å²) in [5.74, 6) is -1.72. The van der Waals surface area contributed by atoms with E-state index >= 15 is 0 Å². The maximum Gasteiger partial charge on any atom is 0.434 e. The van der Waals surface area contributed by atoms with Crippen LogP contribution in [0, 0.1) is 11.6 Å². The number of rotatable bonds is 3. The lowest BCUT2D eigenvalue weighted by molar-refractivity contribution is -0.142. The smallest absolute Gasteiger partial charge is 0.356 e. The molecule has 4 aromatic rings. The van der Waals surface area contributed by atoms with Gasteiger partial charge in [-0.1, -0.05) is 28.9 Å². The summed E-state index contributed by atoms with van der Waals surface area (Å²) in [6.07, 6.45) is -3.93. The second-order valence-electron chi connectivity index (χ2n) is 5.97. The first-order valence-electron chi connectivity index (χ1n) is 8.08. The molecule has 0 fully saturated rings. The predicted octanol–water partition coefficient (Wildman–Crippen LogP) is 6.14. The molecule has 2 heterocycles. The molecule has 0 aliphatic rings. The van der Waals surface area contributed by atoms with Crippen LogP contribution in [-0.4, -0.2) is 14.9 Å². The standard InChI is InChI=1S/C19H9ClF5N3O/c20-13-5-2-6-14(22)17(13)15-8-16(29-27-15)12-9-26-28(18(12)19(23,24)25)11-4-1-3-10(21)7-11/h1-9H. The zero-order valence-electron chi connectivity index (χ0n) is 14.2. The largest absolute Gasteiger partial charge is 0.434 e. The minimum absolute atomic E-state index is 0.0244. The van der Waals surface area contributed by atoms with E-state index in [9.17, 15) is 22.0 Å². The van der Waals surface area contributed by atoms with Gasteiger partial charge in [-0.2, -0.15) is 18.3 Å². The summed E-state index contributed by atoms with van der Waals surface area (Å²) in [6, 6.07) is 9.62. The monoisotopic (exact) mass is 425 g/mol. The molecule has 0 aliphatic heterocycles. The van der Waals surface area contributed by atoms with Crippen molar-refractivity contribution in [3.63, 3.8) is 0 Å². The van der Waals surface area contributed by atoms with Gasteiger partial charge in [-0.25, -0.2) is 13.5 Å². The molecule has 0 aliphatic carbocycles. The highest BCUT2D eigenvalue weighted by molar-refractivity contribution is 6.33. The van der Waals surface area contributed by atoms with Gasteiger partial charge in [-0.05, 0) is 30.3 Å². The fourth-order valence-electron chi connectivity index (χ4n) is 2.87. The summed E-state index contributed by atoms with van der Waals surface area (Å²) in [7, 11) is 0. The van der Waals surface area contributed by atoms with Crippen LogP contribution in [0.25, 0.3) is 28.3 Å². The molecule has 0 bridgehead atoms. The SMILES string of the molecule is Fc1cccc(-n2ncc(-c3cc(-c4c(F)cccc4Cl)no3)c2C(F)(F)F)c1. The summed E-state index contributed by atoms with van der Waals surface area (Å²) >= 11 is 5.97. The van der Waals surface area contributed by atoms with E-state index in [0.29, 0.717) is 4.68 Å². The van der Waals surface area contributed by atoms with Gasteiger partial charge in [-0.3, -0.25) is 0 Å². The highest BCUT2D eigenvalue weighted by atomic mass is 35.5. The normalized spacial score (nSPS) is 11.8. The Morgan fingerprint density at radius 2 is 1.76 bits per heavy atom. The van der Waals surface area contributed by atoms with Crippen molar-refractivity contribution in [1.82, 2.24) is 14.9 Å². The lowest BCUT2D eigenvalue weighted by Gasteiger charge is -2.11. The predicted molar refractivity (Wildman–Crippen MR) is 94.4 cm³/mol. The van der Waals surface area contributed by atoms with Crippen molar-refractivity contribution in [1.29, 1.82) is 0 Å². The molecule has 0 saturated carbocycles. The van der Waals surface area contributed by atoms with Crippen molar-refractivity contribution in [3.05, 3.63) is 77.1 Å². The Morgan fingerprint density at radius 1 is 1.00 bits per heavy atom. The Hall–Kier alpha value is -3.20. The fourth-order valence-corrected chi connectivity index (χ4v) is 3.13. The van der Waals surface area contributed by atoms with Crippen LogP contribution in [0.5, 0.6) is 0 Å². The van der Waals surface area contributed by atoms with Crippen molar-refractivity contribution in [2.75, 3.05) is 0 Å². The summed E-state index contributed by atoms with van der Waals surface area (Å²) in [5.41, 5.74) is -1.93. The lowest BCUT2D eigenvalue weighted by Crippen LogP contribution is -2.14. The zero-order valence-corrected chi connectivity index (χ0v) is 15.0. The van der Waals surface area contributed by atoms with E-state index in [1.165, 1.54) is 24.3 Å². The number of halogens is 6. The molecule has 0 saturated heterocycles. The minimum Gasteiger partial charge on any atom is -0.356 e. The average molecular weight is 426 g/mol. The van der Waals surface area contributed by atoms with Crippen LogP contribution in [0.1, 0.15) is 5.69 Å². The molecule has 148 valence electrons.